The highest BCUT2D eigenvalue weighted by molar-refractivity contribution is 9.10. The van der Waals surface area contributed by atoms with Gasteiger partial charge in [0.15, 0.2) is 6.10 Å². The summed E-state index contributed by atoms with van der Waals surface area (Å²) < 4.78 is 11.6. The van der Waals surface area contributed by atoms with Crippen molar-refractivity contribution >= 4 is 21.8 Å². The number of methoxy groups -OCH3 is 1. The van der Waals surface area contributed by atoms with Gasteiger partial charge in [0.05, 0.1) is 17.7 Å². The third-order valence-electron chi connectivity index (χ3n) is 3.73. The number of aliphatic hydroxyl groups excluding tert-OH is 1. The fourth-order valence-corrected chi connectivity index (χ4v) is 2.82. The van der Waals surface area contributed by atoms with Crippen LogP contribution in [0.2, 0.25) is 0 Å². The first-order chi connectivity index (χ1) is 11.9. The number of carbonyl (C=O) groups excluding carboxylic acids is 1. The summed E-state index contributed by atoms with van der Waals surface area (Å²) in [5.41, 5.74) is 1.80. The van der Waals surface area contributed by atoms with Crippen LogP contribution in [0.1, 0.15) is 24.2 Å². The minimum Gasteiger partial charge on any atom is -0.497 e. The molecular formula is C19H22BrNO4. The fraction of sp³-hybridized carbons (Fsp3) is 0.316. The van der Waals surface area contributed by atoms with E-state index in [1.54, 1.807) is 38.3 Å². The van der Waals surface area contributed by atoms with Crippen molar-refractivity contribution in [3.63, 3.8) is 0 Å². The summed E-state index contributed by atoms with van der Waals surface area (Å²) in [5, 5.41) is 12.9. The van der Waals surface area contributed by atoms with Gasteiger partial charge in [-0.15, -0.1) is 0 Å². The van der Waals surface area contributed by atoms with Crippen LogP contribution >= 0.6 is 15.9 Å². The van der Waals surface area contributed by atoms with Gasteiger partial charge in [-0.2, -0.15) is 0 Å². The molecule has 6 heteroatoms. The van der Waals surface area contributed by atoms with Crippen molar-refractivity contribution in [2.45, 2.75) is 26.1 Å². The molecular weight excluding hydrogens is 386 g/mol. The average Bonchev–Trinajstić information content (AvgIpc) is 2.61. The highest BCUT2D eigenvalue weighted by Crippen LogP contribution is 2.26. The van der Waals surface area contributed by atoms with Crippen LogP contribution in [0.4, 0.5) is 0 Å². The predicted octanol–water partition coefficient (Wildman–Crippen LogP) is 3.38. The lowest BCUT2D eigenvalue weighted by Crippen LogP contribution is -2.38. The van der Waals surface area contributed by atoms with E-state index >= 15 is 0 Å². The Morgan fingerprint density at radius 1 is 1.24 bits per heavy atom. The Labute approximate surface area is 156 Å². The number of ether oxygens (including phenoxy) is 2. The Morgan fingerprint density at radius 3 is 2.52 bits per heavy atom. The first-order valence-electron chi connectivity index (χ1n) is 7.93. The van der Waals surface area contributed by atoms with Gasteiger partial charge in [0.2, 0.25) is 0 Å². The standard InChI is InChI=1S/C19H22BrNO4/c1-12-4-9-18(16(20)10-12)25-13(2)19(23)21-11-17(22)14-5-7-15(24-3)8-6-14/h4-10,13,17,22H,11H2,1-3H3,(H,21,23). The van der Waals surface area contributed by atoms with Gasteiger partial charge in [-0.05, 0) is 65.2 Å². The van der Waals surface area contributed by atoms with Crippen molar-refractivity contribution < 1.29 is 19.4 Å². The molecule has 134 valence electrons. The number of aliphatic hydroxyl groups is 1. The van der Waals surface area contributed by atoms with Crippen LogP contribution in [0.5, 0.6) is 11.5 Å². The molecule has 0 radical (unpaired) electrons. The second kappa shape index (κ2) is 8.87. The zero-order chi connectivity index (χ0) is 18.4. The van der Waals surface area contributed by atoms with E-state index in [-0.39, 0.29) is 12.5 Å². The van der Waals surface area contributed by atoms with Gasteiger partial charge in [-0.25, -0.2) is 0 Å². The smallest absolute Gasteiger partial charge is 0.260 e. The molecule has 2 rings (SSSR count). The Bertz CT molecular complexity index is 718. The van der Waals surface area contributed by atoms with E-state index in [9.17, 15) is 9.90 Å². The highest BCUT2D eigenvalue weighted by atomic mass is 79.9. The monoisotopic (exact) mass is 407 g/mol. The zero-order valence-electron chi connectivity index (χ0n) is 14.5. The normalized spacial score (nSPS) is 13.0. The van der Waals surface area contributed by atoms with Crippen molar-refractivity contribution in [1.29, 1.82) is 0 Å². The summed E-state index contributed by atoms with van der Waals surface area (Å²) in [7, 11) is 1.58. The SMILES string of the molecule is COc1ccc(C(O)CNC(=O)C(C)Oc2ccc(C)cc2Br)cc1. The molecule has 0 saturated heterocycles. The number of aryl methyl sites for hydroxylation is 1. The maximum atomic E-state index is 12.2. The van der Waals surface area contributed by atoms with Gasteiger partial charge >= 0.3 is 0 Å². The Kier molecular flexibility index (Phi) is 6.84. The zero-order valence-corrected chi connectivity index (χ0v) is 16.0. The summed E-state index contributed by atoms with van der Waals surface area (Å²) in [5.74, 6) is 1.02. The van der Waals surface area contributed by atoms with Crippen LogP contribution in [-0.4, -0.2) is 30.8 Å². The van der Waals surface area contributed by atoms with Gasteiger partial charge < -0.3 is 19.9 Å². The lowest BCUT2D eigenvalue weighted by molar-refractivity contribution is -0.127. The number of halogens is 1. The van der Waals surface area contributed by atoms with Crippen molar-refractivity contribution in [3.8, 4) is 11.5 Å². The number of hydrogen-bond acceptors (Lipinski definition) is 4. The van der Waals surface area contributed by atoms with Gasteiger partial charge in [0, 0.05) is 6.54 Å². The van der Waals surface area contributed by atoms with E-state index in [4.69, 9.17) is 9.47 Å². The van der Waals surface area contributed by atoms with Gasteiger partial charge in [-0.3, -0.25) is 4.79 Å². The minimum atomic E-state index is -0.798. The average molecular weight is 408 g/mol. The molecule has 25 heavy (non-hydrogen) atoms. The Hall–Kier alpha value is -2.05. The molecule has 1 amide bonds. The van der Waals surface area contributed by atoms with E-state index < -0.39 is 12.2 Å². The summed E-state index contributed by atoms with van der Waals surface area (Å²) in [6.07, 6.45) is -1.48. The molecule has 0 aliphatic heterocycles. The molecule has 0 saturated carbocycles. The molecule has 5 nitrogen and oxygen atoms in total. The first kappa shape index (κ1) is 19.3. The molecule has 2 atom stereocenters. The maximum Gasteiger partial charge on any atom is 0.260 e. The van der Waals surface area contributed by atoms with Crippen LogP contribution in [0.15, 0.2) is 46.9 Å². The Balaban J connectivity index is 1.87. The largest absolute Gasteiger partial charge is 0.497 e. The van der Waals surface area contributed by atoms with E-state index in [1.807, 2.05) is 25.1 Å². The second-order valence-corrected chi connectivity index (χ2v) is 6.58. The Morgan fingerprint density at radius 2 is 1.92 bits per heavy atom. The van der Waals surface area contributed by atoms with Crippen LogP contribution in [-0.2, 0) is 4.79 Å². The third-order valence-corrected chi connectivity index (χ3v) is 4.35. The molecule has 2 N–H and O–H groups in total. The second-order valence-electron chi connectivity index (χ2n) is 5.73. The molecule has 0 bridgehead atoms. The fourth-order valence-electron chi connectivity index (χ4n) is 2.23. The minimum absolute atomic E-state index is 0.105. The van der Waals surface area contributed by atoms with Crippen LogP contribution in [0.25, 0.3) is 0 Å². The molecule has 0 aliphatic rings. The molecule has 2 aromatic carbocycles. The van der Waals surface area contributed by atoms with Crippen molar-refractivity contribution in [3.05, 3.63) is 58.1 Å². The molecule has 0 fully saturated rings. The van der Waals surface area contributed by atoms with Crippen molar-refractivity contribution in [2.75, 3.05) is 13.7 Å². The summed E-state index contributed by atoms with van der Waals surface area (Å²) in [6.45, 7) is 3.75. The number of nitrogens with one attached hydrogen (secondary N) is 1. The summed E-state index contributed by atoms with van der Waals surface area (Å²) in [6, 6.07) is 12.7. The number of benzene rings is 2. The van der Waals surface area contributed by atoms with E-state index in [1.165, 1.54) is 0 Å². The number of carbonyl (C=O) groups is 1. The van der Waals surface area contributed by atoms with Crippen LogP contribution in [0.3, 0.4) is 0 Å². The topological polar surface area (TPSA) is 67.8 Å². The predicted molar refractivity (Wildman–Crippen MR) is 99.9 cm³/mol. The molecule has 2 aromatic rings. The molecule has 0 heterocycles. The summed E-state index contributed by atoms with van der Waals surface area (Å²) >= 11 is 3.42. The number of rotatable bonds is 7. The maximum absolute atomic E-state index is 12.2. The quantitative estimate of drug-likeness (QED) is 0.737. The highest BCUT2D eigenvalue weighted by Gasteiger charge is 2.17. The molecule has 0 aliphatic carbocycles. The first-order valence-corrected chi connectivity index (χ1v) is 8.72. The summed E-state index contributed by atoms with van der Waals surface area (Å²) in [4.78, 5) is 12.2. The van der Waals surface area contributed by atoms with Crippen LogP contribution < -0.4 is 14.8 Å². The van der Waals surface area contributed by atoms with E-state index in [0.717, 1.165) is 10.0 Å². The van der Waals surface area contributed by atoms with Gasteiger partial charge in [0.25, 0.3) is 5.91 Å². The molecule has 2 unspecified atom stereocenters. The van der Waals surface area contributed by atoms with Gasteiger partial charge in [-0.1, -0.05) is 18.2 Å². The molecule has 0 spiro atoms. The van der Waals surface area contributed by atoms with E-state index in [2.05, 4.69) is 21.2 Å². The lowest BCUT2D eigenvalue weighted by Gasteiger charge is -2.18. The number of hydrogen-bond donors (Lipinski definition) is 2. The van der Waals surface area contributed by atoms with Crippen molar-refractivity contribution in [2.24, 2.45) is 0 Å². The molecule has 0 aromatic heterocycles. The third kappa shape index (κ3) is 5.47. The van der Waals surface area contributed by atoms with Crippen LogP contribution in [0, 0.1) is 6.92 Å². The van der Waals surface area contributed by atoms with Crippen molar-refractivity contribution in [1.82, 2.24) is 5.32 Å². The number of amides is 1. The lowest BCUT2D eigenvalue weighted by atomic mass is 10.1. The van der Waals surface area contributed by atoms with E-state index in [0.29, 0.717) is 17.1 Å². The van der Waals surface area contributed by atoms with Gasteiger partial charge in [0.1, 0.15) is 11.5 Å².